The number of hydrogen-bond acceptors (Lipinski definition) is 8. The van der Waals surface area contributed by atoms with Crippen LogP contribution in [0.1, 0.15) is 88.6 Å². The van der Waals surface area contributed by atoms with E-state index in [2.05, 4.69) is 25.0 Å². The van der Waals surface area contributed by atoms with Gasteiger partial charge in [0.15, 0.2) is 0 Å². The quantitative estimate of drug-likeness (QED) is 0.275. The van der Waals surface area contributed by atoms with E-state index in [0.717, 1.165) is 53.9 Å². The maximum absolute atomic E-state index is 14.4. The summed E-state index contributed by atoms with van der Waals surface area (Å²) in [5.41, 5.74) is 4.02. The minimum absolute atomic E-state index is 0.0911. The van der Waals surface area contributed by atoms with Gasteiger partial charge in [0.05, 0.1) is 19.0 Å². The first-order valence-corrected chi connectivity index (χ1v) is 17.6. The third-order valence-electron chi connectivity index (χ3n) is 10.5. The molecule has 0 unspecified atom stereocenters. The Balaban J connectivity index is 1.14. The first-order valence-electron chi connectivity index (χ1n) is 17.6. The summed E-state index contributed by atoms with van der Waals surface area (Å²) in [7, 11) is 1.67. The van der Waals surface area contributed by atoms with Crippen molar-refractivity contribution in [3.05, 3.63) is 54.2 Å². The minimum Gasteiger partial charge on any atom is -0.495 e. The van der Waals surface area contributed by atoms with Crippen molar-refractivity contribution in [1.82, 2.24) is 24.6 Å². The van der Waals surface area contributed by atoms with E-state index in [1.165, 1.54) is 0 Å². The van der Waals surface area contributed by atoms with E-state index in [1.54, 1.807) is 18.2 Å². The number of rotatable bonds is 10. The first-order chi connectivity index (χ1) is 23.2. The van der Waals surface area contributed by atoms with Crippen molar-refractivity contribution < 1.29 is 24.2 Å². The number of nitrogens with zero attached hydrogens (tertiary/aromatic N) is 6. The number of aliphatic hydroxyl groups excluding tert-OH is 1. The second kappa shape index (κ2) is 15.1. The summed E-state index contributed by atoms with van der Waals surface area (Å²) in [5.74, 6) is 2.34. The molecule has 2 aliphatic carbocycles. The van der Waals surface area contributed by atoms with Gasteiger partial charge in [-0.25, -0.2) is 9.78 Å². The van der Waals surface area contributed by atoms with E-state index in [-0.39, 0.29) is 42.6 Å². The van der Waals surface area contributed by atoms with Gasteiger partial charge in [-0.2, -0.15) is 5.10 Å². The number of aryl methyl sites for hydroxylation is 1. The Bertz CT molecular complexity index is 1550. The highest BCUT2D eigenvalue weighted by Gasteiger charge is 2.36. The van der Waals surface area contributed by atoms with Crippen LogP contribution in [0.4, 0.5) is 10.6 Å². The highest BCUT2D eigenvalue weighted by molar-refractivity contribution is 5.94. The van der Waals surface area contributed by atoms with Crippen molar-refractivity contribution in [2.75, 3.05) is 38.3 Å². The summed E-state index contributed by atoms with van der Waals surface area (Å²) in [6.07, 6.45) is 11.9. The van der Waals surface area contributed by atoms with Crippen molar-refractivity contribution in [3.63, 3.8) is 0 Å². The Morgan fingerprint density at radius 1 is 1.00 bits per heavy atom. The zero-order valence-electron chi connectivity index (χ0n) is 28.8. The number of anilines is 1. The van der Waals surface area contributed by atoms with Crippen LogP contribution in [-0.2, 0) is 9.53 Å². The molecule has 0 radical (unpaired) electrons. The van der Waals surface area contributed by atoms with Gasteiger partial charge in [0.2, 0.25) is 5.91 Å². The Morgan fingerprint density at radius 3 is 2.40 bits per heavy atom. The predicted molar refractivity (Wildman–Crippen MR) is 183 cm³/mol. The van der Waals surface area contributed by atoms with Gasteiger partial charge in [0.1, 0.15) is 17.7 Å². The number of aliphatic hydroxyl groups is 1. The third-order valence-corrected chi connectivity index (χ3v) is 10.5. The second-order valence-corrected chi connectivity index (χ2v) is 14.2. The third kappa shape index (κ3) is 7.66. The normalized spacial score (nSPS) is 23.1. The number of ether oxygens (including phenoxy) is 2. The molecule has 3 fully saturated rings. The molecule has 4 heterocycles. The Hall–Kier alpha value is -3.99. The van der Waals surface area contributed by atoms with Gasteiger partial charge < -0.3 is 19.5 Å². The van der Waals surface area contributed by atoms with Gasteiger partial charge in [-0.1, -0.05) is 0 Å². The van der Waals surface area contributed by atoms with Crippen LogP contribution in [0.25, 0.3) is 11.1 Å². The molecule has 1 N–H and O–H groups in total. The minimum atomic E-state index is -0.312. The summed E-state index contributed by atoms with van der Waals surface area (Å²) < 4.78 is 13.1. The Labute approximate surface area is 283 Å². The first kappa shape index (κ1) is 33.9. The van der Waals surface area contributed by atoms with Gasteiger partial charge >= 0.3 is 6.09 Å². The Kier molecular flexibility index (Phi) is 10.6. The molecule has 258 valence electrons. The predicted octanol–water partition coefficient (Wildman–Crippen LogP) is 6.16. The summed E-state index contributed by atoms with van der Waals surface area (Å²) in [5, 5.41) is 13.8. The van der Waals surface area contributed by atoms with Crippen molar-refractivity contribution in [3.8, 4) is 16.9 Å². The highest BCUT2D eigenvalue weighted by Crippen LogP contribution is 2.38. The lowest BCUT2D eigenvalue weighted by atomic mass is 9.79. The maximum Gasteiger partial charge on any atom is 0.410 e. The van der Waals surface area contributed by atoms with Crippen molar-refractivity contribution in [1.29, 1.82) is 0 Å². The molecule has 3 aromatic rings. The topological polar surface area (TPSA) is 123 Å². The lowest BCUT2D eigenvalue weighted by Crippen LogP contribution is -2.52. The number of pyridine rings is 2. The van der Waals surface area contributed by atoms with Crippen molar-refractivity contribution in [2.24, 2.45) is 17.8 Å². The SMILES string of the molecule is COc1ccc([C@H]2CC[C@H](CN(c3cc(-c4cnn(C(C)C)c4)ccn3)C(=O)[C@H]3CC[C@H](OC(=O)N4CC(CO)C4)CC3)CC2)nc1C. The fourth-order valence-corrected chi connectivity index (χ4v) is 7.42. The van der Waals surface area contributed by atoms with Gasteiger partial charge in [-0.15, -0.1) is 0 Å². The molecular weight excluding hydrogens is 608 g/mol. The van der Waals surface area contributed by atoms with Crippen LogP contribution in [0.3, 0.4) is 0 Å². The molecule has 11 heteroatoms. The molecule has 0 bridgehead atoms. The molecule has 3 aliphatic rings. The molecule has 11 nitrogen and oxygen atoms in total. The molecule has 2 saturated carbocycles. The number of amides is 2. The zero-order chi connectivity index (χ0) is 33.8. The maximum atomic E-state index is 14.4. The van der Waals surface area contributed by atoms with E-state index >= 15 is 0 Å². The summed E-state index contributed by atoms with van der Waals surface area (Å²) in [6, 6.07) is 8.36. The number of hydrogen-bond donors (Lipinski definition) is 1. The van der Waals surface area contributed by atoms with Gasteiger partial charge in [0, 0.05) is 73.7 Å². The average molecular weight is 659 g/mol. The number of carbonyl (C=O) groups excluding carboxylic acids is 2. The molecule has 0 atom stereocenters. The zero-order valence-corrected chi connectivity index (χ0v) is 28.8. The van der Waals surface area contributed by atoms with E-state index in [1.807, 2.05) is 47.1 Å². The van der Waals surface area contributed by atoms with Crippen LogP contribution in [0.15, 0.2) is 42.9 Å². The standard InChI is InChI=1S/C37H50N6O5/c1-24(2)43-22-31(18-39-43)30-15-16-38-35(17-30)42(21-26-5-7-28(8-6-26)33-13-14-34(47-4)25(3)40-33)36(45)29-9-11-32(12-10-29)48-37(46)41-19-27(20-41)23-44/h13-18,22,24,26-29,32,44H,5-12,19-21,23H2,1-4H3/t26-,28-,29-,32-. The number of methoxy groups -OCH3 is 1. The lowest BCUT2D eigenvalue weighted by Gasteiger charge is -2.39. The van der Waals surface area contributed by atoms with Crippen molar-refractivity contribution >= 4 is 17.8 Å². The van der Waals surface area contributed by atoms with Crippen LogP contribution in [0.5, 0.6) is 5.75 Å². The van der Waals surface area contributed by atoms with E-state index in [0.29, 0.717) is 63.0 Å². The molecular formula is C37H50N6O5. The molecule has 2 amide bonds. The van der Waals surface area contributed by atoms with E-state index in [4.69, 9.17) is 19.4 Å². The smallest absolute Gasteiger partial charge is 0.410 e. The Morgan fingerprint density at radius 2 is 1.75 bits per heavy atom. The molecule has 6 rings (SSSR count). The molecule has 1 saturated heterocycles. The van der Waals surface area contributed by atoms with Crippen LogP contribution >= 0.6 is 0 Å². The molecule has 0 spiro atoms. The van der Waals surface area contributed by atoms with E-state index < -0.39 is 0 Å². The van der Waals surface area contributed by atoms with Crippen LogP contribution in [0, 0.1) is 24.7 Å². The van der Waals surface area contributed by atoms with Crippen LogP contribution in [0.2, 0.25) is 0 Å². The fourth-order valence-electron chi connectivity index (χ4n) is 7.42. The summed E-state index contributed by atoms with van der Waals surface area (Å²) >= 11 is 0. The second-order valence-electron chi connectivity index (χ2n) is 14.2. The van der Waals surface area contributed by atoms with Gasteiger partial charge in [0.25, 0.3) is 0 Å². The number of carbonyl (C=O) groups is 2. The van der Waals surface area contributed by atoms with E-state index in [9.17, 15) is 14.7 Å². The highest BCUT2D eigenvalue weighted by atomic mass is 16.6. The number of likely N-dealkylation sites (tertiary alicyclic amines) is 1. The average Bonchev–Trinajstić information content (AvgIpc) is 3.58. The van der Waals surface area contributed by atoms with Gasteiger partial charge in [-0.05, 0) is 108 Å². The molecule has 0 aromatic carbocycles. The lowest BCUT2D eigenvalue weighted by molar-refractivity contribution is -0.124. The summed E-state index contributed by atoms with van der Waals surface area (Å²) in [6.45, 7) is 7.99. The molecule has 48 heavy (non-hydrogen) atoms. The number of aromatic nitrogens is 4. The van der Waals surface area contributed by atoms with Gasteiger partial charge in [-0.3, -0.25) is 19.4 Å². The van der Waals surface area contributed by atoms with Crippen LogP contribution in [-0.4, -0.2) is 81.2 Å². The molecule has 1 aliphatic heterocycles. The largest absolute Gasteiger partial charge is 0.495 e. The van der Waals surface area contributed by atoms with Crippen LogP contribution < -0.4 is 9.64 Å². The molecule has 3 aromatic heterocycles. The van der Waals surface area contributed by atoms with Crippen molar-refractivity contribution in [2.45, 2.75) is 90.2 Å². The summed E-state index contributed by atoms with van der Waals surface area (Å²) in [4.78, 5) is 40.1. The monoisotopic (exact) mass is 658 g/mol. The fraction of sp³-hybridized carbons (Fsp3) is 0.595.